The fourth-order valence-electron chi connectivity index (χ4n) is 0.203. The Labute approximate surface area is 125 Å². The van der Waals surface area contributed by atoms with Crippen molar-refractivity contribution in [1.82, 2.24) is 0 Å². The van der Waals surface area contributed by atoms with Gasteiger partial charge in [-0.1, -0.05) is 0 Å². The average molecular weight is 280 g/mol. The van der Waals surface area contributed by atoms with Crippen LogP contribution in [0.2, 0.25) is 0 Å². The molecule has 60 valence electrons. The summed E-state index contributed by atoms with van der Waals surface area (Å²) < 4.78 is 4.40. The summed E-state index contributed by atoms with van der Waals surface area (Å²) in [4.78, 5) is 18.7. The second kappa shape index (κ2) is 13.6. The predicted octanol–water partition coefficient (Wildman–Crippen LogP) is -3.67. The predicted molar refractivity (Wildman–Crippen MR) is 33.0 cm³/mol. The molecule has 0 amide bonds. The summed E-state index contributed by atoms with van der Waals surface area (Å²) in [5.41, 5.74) is 0. The summed E-state index contributed by atoms with van der Waals surface area (Å²) >= 11 is 0. The number of hydrogen-bond acceptors (Lipinski definition) is 4. The van der Waals surface area contributed by atoms with Crippen LogP contribution in [0, 0.1) is 0 Å². The minimum absolute atomic E-state index is 0. The van der Waals surface area contributed by atoms with Gasteiger partial charge in [0.05, 0.1) is 6.61 Å². The first-order chi connectivity index (χ1) is 4.50. The van der Waals surface area contributed by atoms with Gasteiger partial charge in [-0.15, -0.1) is 0 Å². The zero-order valence-corrected chi connectivity index (χ0v) is 13.6. The molecule has 0 fully saturated rings. The van der Waals surface area contributed by atoms with Gasteiger partial charge in [0.2, 0.25) is 0 Å². The van der Waals surface area contributed by atoms with Gasteiger partial charge in [-0.25, -0.2) is 0 Å². The van der Waals surface area contributed by atoms with E-state index in [1.54, 1.807) is 6.92 Å². The van der Waals surface area contributed by atoms with Crippen molar-refractivity contribution in [3.8, 4) is 0 Å². The van der Waals surface area contributed by atoms with Gasteiger partial charge in [0.15, 0.2) is 0 Å². The Kier molecular flexibility index (Phi) is 22.1. The number of ether oxygens (including phenoxy) is 1. The molecule has 0 unspecified atom stereocenters. The third-order valence-corrected chi connectivity index (χ3v) is 0.348. The normalized spacial score (nSPS) is 6.45. The molecule has 0 rings (SSSR count). The van der Waals surface area contributed by atoms with Gasteiger partial charge in [0.1, 0.15) is 0 Å². The second-order valence-corrected chi connectivity index (χ2v) is 1.42. The molecule has 0 N–H and O–H groups in total. The molecule has 0 saturated carbocycles. The van der Waals surface area contributed by atoms with E-state index < -0.39 is 5.97 Å². The standard InChI is InChI=1S/C4H8O2.C2H4O2.Cs/c1-3-6-4(2)5;1-2(3)4;/h3H2,1-2H3;1H3,(H,3,4);/q;;+1/p-1. The summed E-state index contributed by atoms with van der Waals surface area (Å²) in [7, 11) is 0. The molecule has 0 spiro atoms. The van der Waals surface area contributed by atoms with E-state index in [-0.39, 0.29) is 74.9 Å². The molecule has 0 aliphatic carbocycles. The van der Waals surface area contributed by atoms with Gasteiger partial charge >= 0.3 is 74.9 Å². The van der Waals surface area contributed by atoms with Crippen molar-refractivity contribution in [2.75, 3.05) is 6.61 Å². The Morgan fingerprint density at radius 1 is 1.36 bits per heavy atom. The van der Waals surface area contributed by atoms with Crippen LogP contribution in [0.15, 0.2) is 0 Å². The molecule has 0 heterocycles. The van der Waals surface area contributed by atoms with E-state index in [0.717, 1.165) is 6.92 Å². The second-order valence-electron chi connectivity index (χ2n) is 1.42. The van der Waals surface area contributed by atoms with Crippen LogP contribution in [0.5, 0.6) is 0 Å². The maximum Gasteiger partial charge on any atom is 1.00 e. The van der Waals surface area contributed by atoms with Gasteiger partial charge in [-0.2, -0.15) is 0 Å². The summed E-state index contributed by atoms with van der Waals surface area (Å²) in [5, 5.41) is 8.89. The van der Waals surface area contributed by atoms with Crippen LogP contribution in [0.25, 0.3) is 0 Å². The molecule has 0 aliphatic rings. The van der Waals surface area contributed by atoms with E-state index in [1.807, 2.05) is 0 Å². The van der Waals surface area contributed by atoms with Gasteiger partial charge in [0, 0.05) is 12.9 Å². The maximum absolute atomic E-state index is 9.82. The number of aliphatic carboxylic acids is 1. The molecule has 0 saturated heterocycles. The molecule has 0 bridgehead atoms. The fraction of sp³-hybridized carbons (Fsp3) is 0.667. The van der Waals surface area contributed by atoms with E-state index in [2.05, 4.69) is 4.74 Å². The third kappa shape index (κ3) is 55.8. The van der Waals surface area contributed by atoms with Crippen molar-refractivity contribution in [1.29, 1.82) is 0 Å². The van der Waals surface area contributed by atoms with Gasteiger partial charge in [-0.3, -0.25) is 4.79 Å². The SMILES string of the molecule is CC(=O)[O-].CCOC(C)=O.[Cs+]. The van der Waals surface area contributed by atoms with Crippen molar-refractivity contribution >= 4 is 11.9 Å². The number of carbonyl (C=O) groups excluding carboxylic acids is 2. The third-order valence-electron chi connectivity index (χ3n) is 0.348. The molecule has 0 atom stereocenters. The summed E-state index contributed by atoms with van der Waals surface area (Å²) in [6.07, 6.45) is 0. The zero-order valence-electron chi connectivity index (χ0n) is 7.34. The van der Waals surface area contributed by atoms with Crippen molar-refractivity contribution in [3.63, 3.8) is 0 Å². The fourth-order valence-corrected chi connectivity index (χ4v) is 0.203. The number of esters is 1. The largest absolute Gasteiger partial charge is 1.00 e. The van der Waals surface area contributed by atoms with Crippen LogP contribution >= 0.6 is 0 Å². The molecule has 0 aromatic heterocycles. The molecule has 0 aliphatic heterocycles. The topological polar surface area (TPSA) is 66.4 Å². The Hall–Kier alpha value is 0.992. The quantitative estimate of drug-likeness (QED) is 0.464. The number of hydrogen-bond donors (Lipinski definition) is 0. The molecule has 0 aromatic carbocycles. The molecular formula is C6H11CsO4. The Balaban J connectivity index is -0.000000114. The van der Waals surface area contributed by atoms with E-state index in [0.29, 0.717) is 6.61 Å². The van der Waals surface area contributed by atoms with Gasteiger partial charge in [0.25, 0.3) is 0 Å². The Morgan fingerprint density at radius 2 is 1.64 bits per heavy atom. The molecule has 4 nitrogen and oxygen atoms in total. The molecule has 11 heavy (non-hydrogen) atoms. The summed E-state index contributed by atoms with van der Waals surface area (Å²) in [6, 6.07) is 0. The molecule has 0 aromatic rings. The Morgan fingerprint density at radius 3 is 1.64 bits per heavy atom. The average Bonchev–Trinajstić information content (AvgIpc) is 1.62. The monoisotopic (exact) mass is 280 g/mol. The first kappa shape index (κ1) is 17.9. The van der Waals surface area contributed by atoms with Crippen LogP contribution in [0.4, 0.5) is 0 Å². The van der Waals surface area contributed by atoms with E-state index in [4.69, 9.17) is 9.90 Å². The summed E-state index contributed by atoms with van der Waals surface area (Å²) in [6.45, 7) is 4.63. The molecule has 0 radical (unpaired) electrons. The van der Waals surface area contributed by atoms with Crippen molar-refractivity contribution in [2.45, 2.75) is 20.8 Å². The van der Waals surface area contributed by atoms with E-state index >= 15 is 0 Å². The van der Waals surface area contributed by atoms with Gasteiger partial charge < -0.3 is 14.6 Å². The van der Waals surface area contributed by atoms with Crippen molar-refractivity contribution in [2.24, 2.45) is 0 Å². The van der Waals surface area contributed by atoms with E-state index in [9.17, 15) is 4.79 Å². The van der Waals surface area contributed by atoms with Crippen LogP contribution < -0.4 is 74.0 Å². The zero-order chi connectivity index (χ0) is 8.57. The number of carboxylic acids is 1. The number of rotatable bonds is 1. The van der Waals surface area contributed by atoms with Gasteiger partial charge in [-0.05, 0) is 13.8 Å². The number of carboxylic acid groups (broad SMARTS) is 1. The van der Waals surface area contributed by atoms with Crippen molar-refractivity contribution in [3.05, 3.63) is 0 Å². The first-order valence-electron chi connectivity index (χ1n) is 2.81. The maximum atomic E-state index is 9.82. The smallest absolute Gasteiger partial charge is 0.550 e. The van der Waals surface area contributed by atoms with Crippen LogP contribution in [0.1, 0.15) is 20.8 Å². The van der Waals surface area contributed by atoms with Crippen molar-refractivity contribution < 1.29 is 88.3 Å². The van der Waals surface area contributed by atoms with E-state index in [1.165, 1.54) is 6.92 Å². The van der Waals surface area contributed by atoms with Crippen LogP contribution in [0.3, 0.4) is 0 Å². The molecular weight excluding hydrogens is 269 g/mol. The van der Waals surface area contributed by atoms with Crippen LogP contribution in [-0.2, 0) is 14.3 Å². The first-order valence-corrected chi connectivity index (χ1v) is 2.81. The van der Waals surface area contributed by atoms with Crippen LogP contribution in [-0.4, -0.2) is 18.5 Å². The molecule has 5 heteroatoms. The minimum atomic E-state index is -1.08. The summed E-state index contributed by atoms with van der Waals surface area (Å²) in [5.74, 6) is -1.29. The Bertz CT molecular complexity index is 109. The number of carbonyl (C=O) groups is 2. The minimum Gasteiger partial charge on any atom is -0.550 e.